The van der Waals surface area contributed by atoms with Gasteiger partial charge in [0.1, 0.15) is 0 Å². The highest BCUT2D eigenvalue weighted by atomic mass is 16.4. The molecule has 0 spiro atoms. The first-order valence-corrected chi connectivity index (χ1v) is 6.94. The lowest BCUT2D eigenvalue weighted by molar-refractivity contribution is -0.138. The topological polar surface area (TPSA) is 78.4 Å². The average molecular weight is 276 g/mol. The van der Waals surface area contributed by atoms with Crippen molar-refractivity contribution in [3.8, 4) is 0 Å². The number of piperidine rings is 1. The lowest BCUT2D eigenvalue weighted by Crippen LogP contribution is -2.40. The predicted molar refractivity (Wildman–Crippen MR) is 75.2 cm³/mol. The summed E-state index contributed by atoms with van der Waals surface area (Å²) in [6.07, 6.45) is 1.52. The van der Waals surface area contributed by atoms with E-state index in [-0.39, 0.29) is 18.2 Å². The van der Waals surface area contributed by atoms with Gasteiger partial charge in [0.05, 0.1) is 12.5 Å². The van der Waals surface area contributed by atoms with E-state index in [1.54, 1.807) is 0 Å². The smallest absolute Gasteiger partial charge is 0.305 e. The molecule has 5 heteroatoms. The molecule has 0 bridgehead atoms. The normalized spacial score (nSPS) is 17.4. The molecule has 1 aromatic rings. The molecular weight excluding hydrogens is 256 g/mol. The van der Waals surface area contributed by atoms with E-state index >= 15 is 0 Å². The third-order valence-corrected chi connectivity index (χ3v) is 3.61. The van der Waals surface area contributed by atoms with Gasteiger partial charge in [-0.2, -0.15) is 0 Å². The molecule has 5 nitrogen and oxygen atoms in total. The highest BCUT2D eigenvalue weighted by Gasteiger charge is 2.24. The van der Waals surface area contributed by atoms with E-state index in [1.807, 2.05) is 30.3 Å². The summed E-state index contributed by atoms with van der Waals surface area (Å²) < 4.78 is 0. The predicted octanol–water partition coefficient (Wildman–Crippen LogP) is 1.32. The number of carbonyl (C=O) groups excluding carboxylic acids is 1. The van der Waals surface area contributed by atoms with Gasteiger partial charge < -0.3 is 15.7 Å². The summed E-state index contributed by atoms with van der Waals surface area (Å²) in [5.74, 6) is -0.970. The van der Waals surface area contributed by atoms with Gasteiger partial charge in [-0.1, -0.05) is 30.3 Å². The summed E-state index contributed by atoms with van der Waals surface area (Å²) in [7, 11) is 0. The van der Waals surface area contributed by atoms with Gasteiger partial charge in [-0.15, -0.1) is 0 Å². The van der Waals surface area contributed by atoms with Gasteiger partial charge in [-0.3, -0.25) is 9.59 Å². The number of carbonyl (C=O) groups is 2. The lowest BCUT2D eigenvalue weighted by Gasteiger charge is -2.25. The van der Waals surface area contributed by atoms with Crippen LogP contribution in [0.25, 0.3) is 0 Å². The first-order valence-electron chi connectivity index (χ1n) is 6.94. The molecule has 0 aliphatic carbocycles. The fourth-order valence-electron chi connectivity index (χ4n) is 2.49. The van der Waals surface area contributed by atoms with Crippen molar-refractivity contribution in [2.75, 3.05) is 13.1 Å². The van der Waals surface area contributed by atoms with Gasteiger partial charge in [0.15, 0.2) is 0 Å². The number of aliphatic carboxylic acids is 1. The van der Waals surface area contributed by atoms with E-state index in [0.29, 0.717) is 0 Å². The number of carboxylic acids is 1. The maximum absolute atomic E-state index is 12.2. The molecule has 0 saturated carbocycles. The van der Waals surface area contributed by atoms with Gasteiger partial charge >= 0.3 is 5.97 Å². The van der Waals surface area contributed by atoms with E-state index in [2.05, 4.69) is 10.6 Å². The number of nitrogens with one attached hydrogen (secondary N) is 2. The third kappa shape index (κ3) is 4.06. The van der Waals surface area contributed by atoms with Gasteiger partial charge in [0.2, 0.25) is 5.91 Å². The van der Waals surface area contributed by atoms with E-state index in [1.165, 1.54) is 0 Å². The van der Waals surface area contributed by atoms with Crippen molar-refractivity contribution in [3.63, 3.8) is 0 Å². The Kier molecular flexibility index (Phi) is 5.12. The molecule has 1 atom stereocenters. The molecule has 1 amide bonds. The van der Waals surface area contributed by atoms with Crippen molar-refractivity contribution in [1.82, 2.24) is 10.6 Å². The largest absolute Gasteiger partial charge is 0.481 e. The lowest BCUT2D eigenvalue weighted by atomic mass is 9.95. The number of hydrogen-bond acceptors (Lipinski definition) is 3. The van der Waals surface area contributed by atoms with Gasteiger partial charge in [-0.05, 0) is 31.5 Å². The molecule has 1 aliphatic rings. The standard InChI is InChI=1S/C15H20N2O3/c18-14(19)10-13(11-4-2-1-3-5-11)17-15(20)12-6-8-16-9-7-12/h1-5,12-13,16H,6-10H2,(H,17,20)(H,18,19). The van der Waals surface area contributed by atoms with Gasteiger partial charge in [0.25, 0.3) is 0 Å². The third-order valence-electron chi connectivity index (χ3n) is 3.61. The zero-order valence-corrected chi connectivity index (χ0v) is 11.3. The summed E-state index contributed by atoms with van der Waals surface area (Å²) in [5, 5.41) is 15.1. The summed E-state index contributed by atoms with van der Waals surface area (Å²) >= 11 is 0. The second-order valence-electron chi connectivity index (χ2n) is 5.09. The molecule has 0 radical (unpaired) electrons. The minimum atomic E-state index is -0.913. The summed E-state index contributed by atoms with van der Waals surface area (Å²) in [6.45, 7) is 1.68. The first kappa shape index (κ1) is 14.5. The Morgan fingerprint density at radius 1 is 1.25 bits per heavy atom. The maximum Gasteiger partial charge on any atom is 0.305 e. The van der Waals surface area contributed by atoms with Gasteiger partial charge in [0, 0.05) is 5.92 Å². The molecule has 3 N–H and O–H groups in total. The molecular formula is C15H20N2O3. The molecule has 2 rings (SSSR count). The second-order valence-corrected chi connectivity index (χ2v) is 5.09. The van der Waals surface area contributed by atoms with Crippen LogP contribution < -0.4 is 10.6 Å². The van der Waals surface area contributed by atoms with Crippen LogP contribution >= 0.6 is 0 Å². The number of rotatable bonds is 5. The zero-order chi connectivity index (χ0) is 14.4. The van der Waals surface area contributed by atoms with E-state index in [4.69, 9.17) is 5.11 Å². The minimum Gasteiger partial charge on any atom is -0.481 e. The Bertz CT molecular complexity index is 455. The molecule has 20 heavy (non-hydrogen) atoms. The Morgan fingerprint density at radius 2 is 1.90 bits per heavy atom. The van der Waals surface area contributed by atoms with Crippen molar-refractivity contribution < 1.29 is 14.7 Å². The van der Waals surface area contributed by atoms with Crippen molar-refractivity contribution >= 4 is 11.9 Å². The molecule has 1 heterocycles. The molecule has 1 saturated heterocycles. The van der Waals surface area contributed by atoms with Crippen LogP contribution in [0.15, 0.2) is 30.3 Å². The van der Waals surface area contributed by atoms with Crippen LogP contribution in [0, 0.1) is 5.92 Å². The van der Waals surface area contributed by atoms with E-state index < -0.39 is 12.0 Å². The summed E-state index contributed by atoms with van der Waals surface area (Å²) in [5.41, 5.74) is 0.831. The number of amides is 1. The molecule has 108 valence electrons. The van der Waals surface area contributed by atoms with Crippen LogP contribution in [0.1, 0.15) is 30.9 Å². The number of hydrogen-bond donors (Lipinski definition) is 3. The maximum atomic E-state index is 12.2. The van der Waals surface area contributed by atoms with E-state index in [9.17, 15) is 9.59 Å². The highest BCUT2D eigenvalue weighted by Crippen LogP contribution is 2.19. The highest BCUT2D eigenvalue weighted by molar-refractivity contribution is 5.80. The minimum absolute atomic E-state index is 0.0174. The summed E-state index contributed by atoms with van der Waals surface area (Å²) in [6, 6.07) is 8.79. The molecule has 0 aromatic heterocycles. The van der Waals surface area contributed by atoms with Crippen LogP contribution in [0.5, 0.6) is 0 Å². The van der Waals surface area contributed by atoms with Gasteiger partial charge in [-0.25, -0.2) is 0 Å². The Balaban J connectivity index is 2.03. The van der Waals surface area contributed by atoms with Crippen LogP contribution in [-0.4, -0.2) is 30.1 Å². The Labute approximate surface area is 118 Å². The van der Waals surface area contributed by atoms with Crippen molar-refractivity contribution in [2.24, 2.45) is 5.92 Å². The second kappa shape index (κ2) is 7.05. The molecule has 1 aromatic carbocycles. The van der Waals surface area contributed by atoms with Crippen molar-refractivity contribution in [2.45, 2.75) is 25.3 Å². The molecule has 1 fully saturated rings. The van der Waals surface area contributed by atoms with Crippen LogP contribution in [0.2, 0.25) is 0 Å². The van der Waals surface area contributed by atoms with Crippen LogP contribution in [-0.2, 0) is 9.59 Å². The van der Waals surface area contributed by atoms with Crippen LogP contribution in [0.4, 0.5) is 0 Å². The summed E-state index contributed by atoms with van der Waals surface area (Å²) in [4.78, 5) is 23.2. The Hall–Kier alpha value is -1.88. The fourth-order valence-corrected chi connectivity index (χ4v) is 2.49. The SMILES string of the molecule is O=C(O)CC(NC(=O)C1CCNCC1)c1ccccc1. The average Bonchev–Trinajstić information content (AvgIpc) is 2.48. The number of carboxylic acid groups (broad SMARTS) is 1. The van der Waals surface area contributed by atoms with Crippen LogP contribution in [0.3, 0.4) is 0 Å². The van der Waals surface area contributed by atoms with E-state index in [0.717, 1.165) is 31.5 Å². The molecule has 1 aliphatic heterocycles. The first-order chi connectivity index (χ1) is 9.66. The number of benzene rings is 1. The van der Waals surface area contributed by atoms with Crippen molar-refractivity contribution in [3.05, 3.63) is 35.9 Å². The monoisotopic (exact) mass is 276 g/mol. The molecule has 1 unspecified atom stereocenters. The Morgan fingerprint density at radius 3 is 2.50 bits per heavy atom. The zero-order valence-electron chi connectivity index (χ0n) is 11.3. The van der Waals surface area contributed by atoms with Crippen molar-refractivity contribution in [1.29, 1.82) is 0 Å². The quantitative estimate of drug-likeness (QED) is 0.758. The fraction of sp³-hybridized carbons (Fsp3) is 0.467.